The van der Waals surface area contributed by atoms with Crippen LogP contribution in [0.25, 0.3) is 0 Å². The molecule has 1 atom stereocenters. The Labute approximate surface area is 135 Å². The van der Waals surface area contributed by atoms with Gasteiger partial charge < -0.3 is 14.7 Å². The van der Waals surface area contributed by atoms with Crippen LogP contribution in [-0.2, 0) is 14.3 Å². The number of Topliss-reactive ketones (excluding diaryl/α,β-unsaturated/α-hetero) is 1. The lowest BCUT2D eigenvalue weighted by molar-refractivity contribution is -0.130. The third kappa shape index (κ3) is 3.59. The molecule has 23 heavy (non-hydrogen) atoms. The van der Waals surface area contributed by atoms with Crippen molar-refractivity contribution in [1.82, 2.24) is 9.88 Å². The van der Waals surface area contributed by atoms with Crippen LogP contribution in [0.1, 0.15) is 38.8 Å². The highest BCUT2D eigenvalue weighted by atomic mass is 16.5. The van der Waals surface area contributed by atoms with E-state index in [0.29, 0.717) is 18.7 Å². The van der Waals surface area contributed by atoms with Crippen LogP contribution in [0.4, 0.5) is 0 Å². The number of ketones is 1. The van der Waals surface area contributed by atoms with Gasteiger partial charge in [0, 0.05) is 25.4 Å². The van der Waals surface area contributed by atoms with E-state index in [9.17, 15) is 14.7 Å². The Morgan fingerprint density at radius 1 is 1.48 bits per heavy atom. The molecule has 0 aromatic carbocycles. The van der Waals surface area contributed by atoms with E-state index in [0.717, 1.165) is 0 Å². The SMILES string of the molecule is CCC(=O)C1=C(O)C(=O)N(CCOC(C)C)C1c1cccnc1. The monoisotopic (exact) mass is 318 g/mol. The molecule has 1 aromatic heterocycles. The van der Waals surface area contributed by atoms with E-state index in [1.54, 1.807) is 31.5 Å². The van der Waals surface area contributed by atoms with Crippen LogP contribution in [0.3, 0.4) is 0 Å². The minimum Gasteiger partial charge on any atom is -0.503 e. The lowest BCUT2D eigenvalue weighted by atomic mass is 9.96. The second kappa shape index (κ2) is 7.37. The van der Waals surface area contributed by atoms with Crippen LogP contribution >= 0.6 is 0 Å². The standard InChI is InChI=1S/C17H22N2O4/c1-4-13(20)14-15(12-6-5-7-18-10-12)19(17(22)16(14)21)8-9-23-11(2)3/h5-7,10-11,15,21H,4,8-9H2,1-3H3. The molecule has 2 heterocycles. The number of nitrogens with zero attached hydrogens (tertiary/aromatic N) is 2. The molecule has 0 saturated heterocycles. The molecule has 1 N–H and O–H groups in total. The van der Waals surface area contributed by atoms with Crippen molar-refractivity contribution >= 4 is 11.7 Å². The van der Waals surface area contributed by atoms with Gasteiger partial charge in [-0.15, -0.1) is 0 Å². The molecule has 1 unspecified atom stereocenters. The van der Waals surface area contributed by atoms with Crippen LogP contribution in [0.2, 0.25) is 0 Å². The molecule has 2 rings (SSSR count). The number of aliphatic hydroxyl groups is 1. The van der Waals surface area contributed by atoms with Gasteiger partial charge in [-0.2, -0.15) is 0 Å². The van der Waals surface area contributed by atoms with E-state index in [1.807, 2.05) is 13.8 Å². The smallest absolute Gasteiger partial charge is 0.290 e. The molecule has 124 valence electrons. The molecule has 0 aliphatic carbocycles. The summed E-state index contributed by atoms with van der Waals surface area (Å²) < 4.78 is 5.50. The minimum absolute atomic E-state index is 0.0443. The summed E-state index contributed by atoms with van der Waals surface area (Å²) in [5.41, 5.74) is 0.848. The van der Waals surface area contributed by atoms with Gasteiger partial charge in [-0.05, 0) is 25.5 Å². The largest absolute Gasteiger partial charge is 0.503 e. The second-order valence-electron chi connectivity index (χ2n) is 5.65. The highest BCUT2D eigenvalue weighted by Gasteiger charge is 2.42. The molecule has 1 aromatic rings. The van der Waals surface area contributed by atoms with Gasteiger partial charge in [0.15, 0.2) is 11.5 Å². The highest BCUT2D eigenvalue weighted by molar-refractivity contribution is 6.08. The fourth-order valence-electron chi connectivity index (χ4n) is 2.63. The summed E-state index contributed by atoms with van der Waals surface area (Å²) in [6.45, 7) is 6.15. The molecule has 0 bridgehead atoms. The number of aliphatic hydroxyl groups excluding tert-OH is 1. The van der Waals surface area contributed by atoms with Crippen LogP contribution < -0.4 is 0 Å². The van der Waals surface area contributed by atoms with Gasteiger partial charge in [0.05, 0.1) is 24.3 Å². The first-order chi connectivity index (χ1) is 11.0. The van der Waals surface area contributed by atoms with Crippen LogP contribution in [0.5, 0.6) is 0 Å². The van der Waals surface area contributed by atoms with Crippen molar-refractivity contribution in [3.63, 3.8) is 0 Å². The Morgan fingerprint density at radius 3 is 2.78 bits per heavy atom. The molecule has 1 amide bonds. The normalized spacial score (nSPS) is 18.2. The van der Waals surface area contributed by atoms with Gasteiger partial charge in [0.25, 0.3) is 5.91 Å². The van der Waals surface area contributed by atoms with E-state index in [4.69, 9.17) is 4.74 Å². The fraction of sp³-hybridized carbons (Fsp3) is 0.471. The Hall–Kier alpha value is -2.21. The summed E-state index contributed by atoms with van der Waals surface area (Å²) in [6.07, 6.45) is 3.50. The van der Waals surface area contributed by atoms with Gasteiger partial charge >= 0.3 is 0 Å². The number of aromatic nitrogens is 1. The zero-order chi connectivity index (χ0) is 17.0. The van der Waals surface area contributed by atoms with Crippen molar-refractivity contribution in [2.24, 2.45) is 0 Å². The number of pyridine rings is 1. The summed E-state index contributed by atoms with van der Waals surface area (Å²) in [7, 11) is 0. The minimum atomic E-state index is -0.612. The Balaban J connectivity index is 2.34. The Kier molecular flexibility index (Phi) is 5.50. The first-order valence-corrected chi connectivity index (χ1v) is 7.76. The molecule has 1 aliphatic heterocycles. The number of hydrogen-bond donors (Lipinski definition) is 1. The molecule has 0 fully saturated rings. The van der Waals surface area contributed by atoms with Crippen molar-refractivity contribution in [3.8, 4) is 0 Å². The number of carbonyl (C=O) groups is 2. The number of rotatable bonds is 7. The van der Waals surface area contributed by atoms with Gasteiger partial charge in [-0.3, -0.25) is 14.6 Å². The van der Waals surface area contributed by atoms with E-state index in [1.165, 1.54) is 4.90 Å². The summed E-state index contributed by atoms with van der Waals surface area (Å²) in [5.74, 6) is -1.24. The maximum Gasteiger partial charge on any atom is 0.290 e. The molecule has 1 aliphatic rings. The summed E-state index contributed by atoms with van der Waals surface area (Å²) in [4.78, 5) is 30.1. The first-order valence-electron chi connectivity index (χ1n) is 7.76. The predicted octanol–water partition coefficient (Wildman–Crippen LogP) is 2.18. The average Bonchev–Trinajstić information content (AvgIpc) is 2.79. The topological polar surface area (TPSA) is 79.7 Å². The molecule has 6 heteroatoms. The van der Waals surface area contributed by atoms with E-state index < -0.39 is 17.7 Å². The van der Waals surface area contributed by atoms with Gasteiger partial charge in [0.2, 0.25) is 0 Å². The number of amides is 1. The number of ether oxygens (including phenoxy) is 1. The molecule has 0 radical (unpaired) electrons. The van der Waals surface area contributed by atoms with Crippen molar-refractivity contribution in [2.75, 3.05) is 13.2 Å². The summed E-state index contributed by atoms with van der Waals surface area (Å²) >= 11 is 0. The Bertz CT molecular complexity index is 610. The lowest BCUT2D eigenvalue weighted by Gasteiger charge is -2.26. The molecule has 0 saturated carbocycles. The third-order valence-corrected chi connectivity index (χ3v) is 3.71. The summed E-state index contributed by atoms with van der Waals surface area (Å²) in [5, 5.41) is 10.2. The quantitative estimate of drug-likeness (QED) is 0.833. The van der Waals surface area contributed by atoms with E-state index in [2.05, 4.69) is 4.98 Å². The van der Waals surface area contributed by atoms with Gasteiger partial charge in [0.1, 0.15) is 0 Å². The van der Waals surface area contributed by atoms with Gasteiger partial charge in [-0.25, -0.2) is 0 Å². The van der Waals surface area contributed by atoms with Crippen LogP contribution in [0.15, 0.2) is 35.9 Å². The van der Waals surface area contributed by atoms with Crippen molar-refractivity contribution < 1.29 is 19.4 Å². The molecular weight excluding hydrogens is 296 g/mol. The third-order valence-electron chi connectivity index (χ3n) is 3.71. The van der Waals surface area contributed by atoms with Gasteiger partial charge in [-0.1, -0.05) is 13.0 Å². The van der Waals surface area contributed by atoms with Crippen molar-refractivity contribution in [1.29, 1.82) is 0 Å². The highest BCUT2D eigenvalue weighted by Crippen LogP contribution is 2.37. The molecule has 6 nitrogen and oxygen atoms in total. The number of hydrogen-bond acceptors (Lipinski definition) is 5. The zero-order valence-corrected chi connectivity index (χ0v) is 13.7. The lowest BCUT2D eigenvalue weighted by Crippen LogP contribution is -2.34. The maximum absolute atomic E-state index is 12.4. The van der Waals surface area contributed by atoms with Crippen molar-refractivity contribution in [3.05, 3.63) is 41.4 Å². The summed E-state index contributed by atoms with van der Waals surface area (Å²) in [6, 6.07) is 2.92. The van der Waals surface area contributed by atoms with E-state index >= 15 is 0 Å². The van der Waals surface area contributed by atoms with Crippen molar-refractivity contribution in [2.45, 2.75) is 39.3 Å². The van der Waals surface area contributed by atoms with Crippen LogP contribution in [0, 0.1) is 0 Å². The maximum atomic E-state index is 12.4. The average molecular weight is 318 g/mol. The van der Waals surface area contributed by atoms with E-state index in [-0.39, 0.29) is 23.9 Å². The second-order valence-corrected chi connectivity index (χ2v) is 5.65. The van der Waals surface area contributed by atoms with Crippen LogP contribution in [-0.4, -0.2) is 45.9 Å². The first kappa shape index (κ1) is 17.1. The molecule has 0 spiro atoms. The fourth-order valence-corrected chi connectivity index (χ4v) is 2.63. The molecular formula is C17H22N2O4. The number of carbonyl (C=O) groups excluding carboxylic acids is 2. The Morgan fingerprint density at radius 2 is 2.22 bits per heavy atom. The zero-order valence-electron chi connectivity index (χ0n) is 13.7. The predicted molar refractivity (Wildman–Crippen MR) is 84.7 cm³/mol.